The second kappa shape index (κ2) is 13.1. The third-order valence-corrected chi connectivity index (χ3v) is 7.30. The summed E-state index contributed by atoms with van der Waals surface area (Å²) in [5, 5.41) is 9.71. The number of benzene rings is 2. The van der Waals surface area contributed by atoms with E-state index in [-0.39, 0.29) is 30.6 Å². The molecule has 1 heterocycles. The SMILES string of the molecule is O=C(O)CCCC(=O)N1CCCN(Cc2ccc(Cl)cc2)CCCN(C(=O)C2CC2)c2ccccc2C1. The van der Waals surface area contributed by atoms with Crippen molar-refractivity contribution in [2.24, 2.45) is 5.92 Å². The number of carboxylic acid groups (broad SMARTS) is 1. The molecule has 0 spiro atoms. The van der Waals surface area contributed by atoms with Crippen molar-refractivity contribution in [3.63, 3.8) is 0 Å². The summed E-state index contributed by atoms with van der Waals surface area (Å²) < 4.78 is 0. The Kier molecular flexibility index (Phi) is 9.58. The molecule has 2 aromatic rings. The number of carbonyl (C=O) groups excluding carboxylic acids is 2. The van der Waals surface area contributed by atoms with Crippen LogP contribution in [0.15, 0.2) is 48.5 Å². The van der Waals surface area contributed by atoms with E-state index in [1.54, 1.807) is 0 Å². The van der Waals surface area contributed by atoms with Gasteiger partial charge in [-0.3, -0.25) is 19.3 Å². The van der Waals surface area contributed by atoms with Crippen molar-refractivity contribution in [3.8, 4) is 0 Å². The van der Waals surface area contributed by atoms with Crippen LogP contribution < -0.4 is 4.90 Å². The third kappa shape index (κ3) is 8.04. The fourth-order valence-corrected chi connectivity index (χ4v) is 5.04. The maximum Gasteiger partial charge on any atom is 0.303 e. The lowest BCUT2D eigenvalue weighted by atomic mass is 10.1. The Bertz CT molecular complexity index is 1090. The number of carboxylic acids is 1. The van der Waals surface area contributed by atoms with E-state index in [2.05, 4.69) is 4.90 Å². The van der Waals surface area contributed by atoms with E-state index < -0.39 is 5.97 Å². The predicted octanol–water partition coefficient (Wildman–Crippen LogP) is 4.96. The molecule has 0 radical (unpaired) electrons. The smallest absolute Gasteiger partial charge is 0.303 e. The Morgan fingerprint density at radius 1 is 0.892 bits per heavy atom. The van der Waals surface area contributed by atoms with Gasteiger partial charge in [0.25, 0.3) is 0 Å². The van der Waals surface area contributed by atoms with Crippen molar-refractivity contribution < 1.29 is 19.5 Å². The number of halogens is 1. The van der Waals surface area contributed by atoms with Crippen molar-refractivity contribution in [3.05, 3.63) is 64.7 Å². The zero-order chi connectivity index (χ0) is 26.2. The van der Waals surface area contributed by atoms with Gasteiger partial charge in [0.15, 0.2) is 0 Å². The molecule has 0 atom stereocenters. The summed E-state index contributed by atoms with van der Waals surface area (Å²) in [6.07, 6.45) is 4.05. The number of aliphatic carboxylic acids is 1. The van der Waals surface area contributed by atoms with Gasteiger partial charge in [-0.05, 0) is 61.4 Å². The average molecular weight is 526 g/mol. The largest absolute Gasteiger partial charge is 0.481 e. The number of amides is 2. The van der Waals surface area contributed by atoms with Crippen molar-refractivity contribution in [1.29, 1.82) is 0 Å². The van der Waals surface area contributed by atoms with E-state index in [1.165, 1.54) is 5.56 Å². The zero-order valence-corrected chi connectivity index (χ0v) is 22.0. The maximum atomic E-state index is 13.3. The van der Waals surface area contributed by atoms with Crippen LogP contribution in [0, 0.1) is 5.92 Å². The van der Waals surface area contributed by atoms with E-state index in [1.807, 2.05) is 58.3 Å². The van der Waals surface area contributed by atoms with Gasteiger partial charge in [0.05, 0.1) is 0 Å². The fraction of sp³-hybridized carbons (Fsp3) is 0.483. The van der Waals surface area contributed by atoms with Crippen LogP contribution >= 0.6 is 11.6 Å². The molecule has 4 rings (SSSR count). The Hall–Kier alpha value is -2.90. The Balaban J connectivity index is 1.56. The lowest BCUT2D eigenvalue weighted by molar-refractivity contribution is -0.137. The molecule has 198 valence electrons. The quantitative estimate of drug-likeness (QED) is 0.552. The van der Waals surface area contributed by atoms with E-state index in [0.717, 1.165) is 56.6 Å². The Morgan fingerprint density at radius 2 is 1.59 bits per heavy atom. The minimum Gasteiger partial charge on any atom is -0.481 e. The van der Waals surface area contributed by atoms with E-state index in [0.29, 0.717) is 31.1 Å². The highest BCUT2D eigenvalue weighted by Gasteiger charge is 2.35. The Morgan fingerprint density at radius 3 is 2.30 bits per heavy atom. The number of carbonyl (C=O) groups is 3. The molecular formula is C29H36ClN3O4. The highest BCUT2D eigenvalue weighted by molar-refractivity contribution is 6.30. The summed E-state index contributed by atoms with van der Waals surface area (Å²) >= 11 is 6.07. The van der Waals surface area contributed by atoms with Crippen LogP contribution in [-0.4, -0.2) is 58.9 Å². The molecule has 1 N–H and O–H groups in total. The minimum atomic E-state index is -0.890. The van der Waals surface area contributed by atoms with Crippen molar-refractivity contribution in [2.45, 2.75) is 58.0 Å². The van der Waals surface area contributed by atoms with Gasteiger partial charge in [0, 0.05) is 68.7 Å². The van der Waals surface area contributed by atoms with Gasteiger partial charge in [-0.25, -0.2) is 0 Å². The molecule has 0 bridgehead atoms. The monoisotopic (exact) mass is 525 g/mol. The van der Waals surface area contributed by atoms with Crippen LogP contribution in [0.4, 0.5) is 5.69 Å². The number of rotatable bonds is 7. The second-order valence-corrected chi connectivity index (χ2v) is 10.5. The first kappa shape index (κ1) is 27.1. The van der Waals surface area contributed by atoms with E-state index >= 15 is 0 Å². The van der Waals surface area contributed by atoms with Crippen LogP contribution in [0.2, 0.25) is 5.02 Å². The first-order valence-electron chi connectivity index (χ1n) is 13.3. The summed E-state index contributed by atoms with van der Waals surface area (Å²) in [6, 6.07) is 15.8. The summed E-state index contributed by atoms with van der Waals surface area (Å²) in [4.78, 5) is 43.6. The van der Waals surface area contributed by atoms with Crippen LogP contribution in [0.3, 0.4) is 0 Å². The molecule has 2 aromatic carbocycles. The van der Waals surface area contributed by atoms with Gasteiger partial charge in [0.2, 0.25) is 11.8 Å². The Labute approximate surface area is 224 Å². The maximum absolute atomic E-state index is 13.3. The lowest BCUT2D eigenvalue weighted by Gasteiger charge is -2.32. The van der Waals surface area contributed by atoms with Crippen molar-refractivity contribution in [1.82, 2.24) is 9.80 Å². The number of hydrogen-bond donors (Lipinski definition) is 1. The topological polar surface area (TPSA) is 81.2 Å². The van der Waals surface area contributed by atoms with Crippen LogP contribution in [-0.2, 0) is 27.5 Å². The summed E-state index contributed by atoms with van der Waals surface area (Å²) in [5.41, 5.74) is 3.02. The zero-order valence-electron chi connectivity index (χ0n) is 21.3. The van der Waals surface area contributed by atoms with E-state index in [9.17, 15) is 14.4 Å². The van der Waals surface area contributed by atoms with Gasteiger partial charge in [0.1, 0.15) is 0 Å². The molecule has 0 unspecified atom stereocenters. The molecule has 1 aliphatic heterocycles. The van der Waals surface area contributed by atoms with Crippen LogP contribution in [0.5, 0.6) is 0 Å². The highest BCUT2D eigenvalue weighted by atomic mass is 35.5. The number of fused-ring (bicyclic) bond motifs is 1. The fourth-order valence-electron chi connectivity index (χ4n) is 4.91. The third-order valence-electron chi connectivity index (χ3n) is 7.05. The minimum absolute atomic E-state index is 0.0191. The van der Waals surface area contributed by atoms with Gasteiger partial charge in [-0.2, -0.15) is 0 Å². The van der Waals surface area contributed by atoms with Gasteiger partial charge >= 0.3 is 5.97 Å². The van der Waals surface area contributed by atoms with Crippen molar-refractivity contribution >= 4 is 35.1 Å². The number of para-hydroxylation sites is 1. The molecule has 2 amide bonds. The molecule has 0 aromatic heterocycles. The molecule has 1 fully saturated rings. The molecular weight excluding hydrogens is 490 g/mol. The average Bonchev–Trinajstić information content (AvgIpc) is 3.72. The standard InChI is InChI=1S/C29H36ClN3O4/c30-25-14-10-22(11-15-25)20-31-16-4-18-32(27(34)8-3-9-28(35)36)21-24-6-1-2-7-26(24)33(19-5-17-31)29(37)23-12-13-23/h1-2,6-7,10-11,14-15,23H,3-5,8-9,12-13,16-21H2,(H,35,36). The summed E-state index contributed by atoms with van der Waals surface area (Å²) in [5.74, 6) is -0.663. The summed E-state index contributed by atoms with van der Waals surface area (Å²) in [7, 11) is 0. The van der Waals surface area contributed by atoms with Gasteiger partial charge in [-0.15, -0.1) is 0 Å². The van der Waals surface area contributed by atoms with Crippen LogP contribution in [0.25, 0.3) is 0 Å². The summed E-state index contributed by atoms with van der Waals surface area (Å²) in [6.45, 7) is 4.06. The van der Waals surface area contributed by atoms with Gasteiger partial charge in [-0.1, -0.05) is 41.9 Å². The molecule has 1 aliphatic carbocycles. The van der Waals surface area contributed by atoms with E-state index in [4.69, 9.17) is 16.7 Å². The predicted molar refractivity (Wildman–Crippen MR) is 144 cm³/mol. The van der Waals surface area contributed by atoms with Crippen molar-refractivity contribution in [2.75, 3.05) is 31.1 Å². The molecule has 1 saturated carbocycles. The molecule has 0 saturated heterocycles. The lowest BCUT2D eigenvalue weighted by Crippen LogP contribution is -2.39. The molecule has 8 heteroatoms. The number of anilines is 1. The first-order valence-corrected chi connectivity index (χ1v) is 13.6. The molecule has 37 heavy (non-hydrogen) atoms. The number of nitrogens with zero attached hydrogens (tertiary/aromatic N) is 3. The molecule has 7 nitrogen and oxygen atoms in total. The highest BCUT2D eigenvalue weighted by Crippen LogP contribution is 2.34. The van der Waals surface area contributed by atoms with Gasteiger partial charge < -0.3 is 14.9 Å². The number of hydrogen-bond acceptors (Lipinski definition) is 4. The normalized spacial score (nSPS) is 17.4. The second-order valence-electron chi connectivity index (χ2n) is 10.1. The van der Waals surface area contributed by atoms with Crippen LogP contribution in [0.1, 0.15) is 56.1 Å². The first-order chi connectivity index (χ1) is 17.9. The molecule has 2 aliphatic rings.